The van der Waals surface area contributed by atoms with Crippen molar-refractivity contribution in [2.24, 2.45) is 0 Å². The molecule has 4 amide bonds. The topological polar surface area (TPSA) is 99.3 Å². The minimum absolute atomic E-state index is 0.0250. The average molecular weight is 440 g/mol. The minimum Gasteiger partial charge on any atom is -0.376 e. The molecule has 31 heavy (non-hydrogen) atoms. The normalized spacial score (nSPS) is 10.9. The predicted octanol–water partition coefficient (Wildman–Crippen LogP) is 2.86. The van der Waals surface area contributed by atoms with E-state index in [4.69, 9.17) is 0 Å². The van der Waals surface area contributed by atoms with E-state index in [2.05, 4.69) is 16.0 Å². The van der Waals surface area contributed by atoms with E-state index in [0.29, 0.717) is 0 Å². The summed E-state index contributed by atoms with van der Waals surface area (Å²) in [5, 5.41) is 8.78. The molecule has 2 aromatic rings. The van der Waals surface area contributed by atoms with Crippen LogP contribution in [0.2, 0.25) is 0 Å². The molecular weight excluding hydrogens is 420 g/mol. The number of hydrogen-bond donors (Lipinski definition) is 4. The van der Waals surface area contributed by atoms with Gasteiger partial charge < -0.3 is 16.0 Å². The molecule has 0 fully saturated rings. The predicted molar refractivity (Wildman–Crippen MR) is 105 cm³/mol. The fourth-order valence-corrected chi connectivity index (χ4v) is 2.44. The number of alkyl halides is 3. The summed E-state index contributed by atoms with van der Waals surface area (Å²) in [6.45, 7) is -0.441. The van der Waals surface area contributed by atoms with Gasteiger partial charge in [-0.15, -0.1) is 0 Å². The zero-order valence-electron chi connectivity index (χ0n) is 16.4. The van der Waals surface area contributed by atoms with Crippen molar-refractivity contribution < 1.29 is 31.9 Å². The van der Waals surface area contributed by atoms with Gasteiger partial charge in [0.25, 0.3) is 5.91 Å². The van der Waals surface area contributed by atoms with Crippen LogP contribution in [0.4, 0.5) is 28.0 Å². The zero-order valence-corrected chi connectivity index (χ0v) is 16.4. The van der Waals surface area contributed by atoms with E-state index in [1.165, 1.54) is 6.92 Å². The van der Waals surface area contributed by atoms with E-state index >= 15 is 0 Å². The molecule has 0 aliphatic heterocycles. The maximum atomic E-state index is 14.1. The molecule has 4 N–H and O–H groups in total. The second kappa shape index (κ2) is 10.4. The number of halogens is 4. The lowest BCUT2D eigenvalue weighted by Crippen LogP contribution is -2.41. The van der Waals surface area contributed by atoms with E-state index < -0.39 is 42.9 Å². The zero-order chi connectivity index (χ0) is 23.0. The fraction of sp³-hybridized carbons (Fsp3) is 0.250. The van der Waals surface area contributed by atoms with Crippen LogP contribution < -0.4 is 21.3 Å². The Bertz CT molecular complexity index is 949. The third kappa shape index (κ3) is 7.96. The summed E-state index contributed by atoms with van der Waals surface area (Å²) in [4.78, 5) is 35.6. The van der Waals surface area contributed by atoms with Crippen molar-refractivity contribution in [1.29, 1.82) is 0 Å². The smallest absolute Gasteiger partial charge is 0.376 e. The maximum absolute atomic E-state index is 14.1. The Kier molecular flexibility index (Phi) is 7.94. The Hall–Kier alpha value is -3.63. The largest absolute Gasteiger partial charge is 0.405 e. The Morgan fingerprint density at radius 1 is 1.00 bits per heavy atom. The van der Waals surface area contributed by atoms with Crippen LogP contribution >= 0.6 is 0 Å². The molecule has 2 aromatic carbocycles. The summed E-state index contributed by atoms with van der Waals surface area (Å²) >= 11 is 0. The molecule has 0 atom stereocenters. The number of nitrogens with one attached hydrogen (secondary N) is 4. The minimum atomic E-state index is -4.61. The van der Waals surface area contributed by atoms with Gasteiger partial charge in [-0.1, -0.05) is 30.3 Å². The summed E-state index contributed by atoms with van der Waals surface area (Å²) in [6.07, 6.45) is -4.61. The molecule has 0 radical (unpaired) electrons. The van der Waals surface area contributed by atoms with Crippen LogP contribution in [0.15, 0.2) is 42.5 Å². The number of amides is 4. The van der Waals surface area contributed by atoms with Gasteiger partial charge in [-0.25, -0.2) is 9.18 Å². The molecule has 2 rings (SSSR count). The number of anilines is 1. The van der Waals surface area contributed by atoms with Crippen LogP contribution in [-0.2, 0) is 11.3 Å². The molecule has 0 unspecified atom stereocenters. The van der Waals surface area contributed by atoms with Crippen molar-refractivity contribution in [3.63, 3.8) is 0 Å². The summed E-state index contributed by atoms with van der Waals surface area (Å²) in [6, 6.07) is 10.2. The highest BCUT2D eigenvalue weighted by molar-refractivity contribution is 5.97. The van der Waals surface area contributed by atoms with Gasteiger partial charge in [-0.05, 0) is 24.6 Å². The van der Waals surface area contributed by atoms with Gasteiger partial charge in [0.05, 0.1) is 6.54 Å². The standard InChI is InChI=1S/C20H20F4N4O3/c1-12-15(21)7-14(18(30)27-11-20(22,23)24)8-16(12)25-10-17(29)28-19(31)26-9-13-5-3-2-4-6-13/h2-8,25H,9-11H2,1H3,(H,27,30)(H2,26,28,29,31). The van der Waals surface area contributed by atoms with Gasteiger partial charge in [0.15, 0.2) is 0 Å². The average Bonchev–Trinajstić information content (AvgIpc) is 2.71. The molecular formula is C20H20F4N4O3. The van der Waals surface area contributed by atoms with Crippen molar-refractivity contribution in [1.82, 2.24) is 16.0 Å². The highest BCUT2D eigenvalue weighted by Gasteiger charge is 2.28. The first kappa shape index (κ1) is 23.6. The number of carbonyl (C=O) groups is 3. The number of urea groups is 1. The van der Waals surface area contributed by atoms with Gasteiger partial charge >= 0.3 is 12.2 Å². The Labute approximate surface area is 175 Å². The number of hydrogen-bond acceptors (Lipinski definition) is 4. The summed E-state index contributed by atoms with van der Waals surface area (Å²) in [7, 11) is 0. The van der Waals surface area contributed by atoms with Gasteiger partial charge in [-0.3, -0.25) is 14.9 Å². The lowest BCUT2D eigenvalue weighted by atomic mass is 10.1. The molecule has 166 valence electrons. The van der Waals surface area contributed by atoms with E-state index in [1.54, 1.807) is 29.6 Å². The van der Waals surface area contributed by atoms with Crippen molar-refractivity contribution in [2.45, 2.75) is 19.6 Å². The van der Waals surface area contributed by atoms with E-state index in [-0.39, 0.29) is 23.4 Å². The van der Waals surface area contributed by atoms with Gasteiger partial charge in [0, 0.05) is 23.4 Å². The van der Waals surface area contributed by atoms with E-state index in [0.717, 1.165) is 17.7 Å². The second-order valence-electron chi connectivity index (χ2n) is 6.50. The summed E-state index contributed by atoms with van der Waals surface area (Å²) < 4.78 is 50.8. The van der Waals surface area contributed by atoms with E-state index in [1.807, 2.05) is 6.07 Å². The molecule has 0 heterocycles. The lowest BCUT2D eigenvalue weighted by molar-refractivity contribution is -0.123. The molecule has 0 aromatic heterocycles. The number of rotatable bonds is 7. The lowest BCUT2D eigenvalue weighted by Gasteiger charge is -2.13. The third-order valence-corrected chi connectivity index (χ3v) is 4.04. The number of carbonyl (C=O) groups excluding carboxylic acids is 3. The molecule has 0 bridgehead atoms. The Balaban J connectivity index is 1.91. The third-order valence-electron chi connectivity index (χ3n) is 4.04. The molecule has 0 aliphatic rings. The van der Waals surface area contributed by atoms with Crippen LogP contribution in [0.1, 0.15) is 21.5 Å². The Morgan fingerprint density at radius 3 is 2.32 bits per heavy atom. The van der Waals surface area contributed by atoms with Gasteiger partial charge in [0.1, 0.15) is 12.4 Å². The summed E-state index contributed by atoms with van der Waals surface area (Å²) in [5.41, 5.74) is 0.552. The van der Waals surface area contributed by atoms with E-state index in [9.17, 15) is 31.9 Å². The fourth-order valence-electron chi connectivity index (χ4n) is 2.44. The molecule has 7 nitrogen and oxygen atoms in total. The van der Waals surface area contributed by atoms with Gasteiger partial charge in [-0.2, -0.15) is 13.2 Å². The van der Waals surface area contributed by atoms with Crippen molar-refractivity contribution in [3.05, 3.63) is 65.0 Å². The molecule has 0 saturated heterocycles. The number of imide groups is 1. The molecule has 0 saturated carbocycles. The first-order valence-electron chi connectivity index (χ1n) is 9.06. The summed E-state index contributed by atoms with van der Waals surface area (Å²) in [5.74, 6) is -2.70. The quantitative estimate of drug-likeness (QED) is 0.498. The first-order chi connectivity index (χ1) is 14.5. The first-order valence-corrected chi connectivity index (χ1v) is 9.06. The monoisotopic (exact) mass is 440 g/mol. The van der Waals surface area contributed by atoms with Crippen LogP contribution in [0.3, 0.4) is 0 Å². The molecule has 0 aliphatic carbocycles. The van der Waals surface area contributed by atoms with Crippen LogP contribution in [0.25, 0.3) is 0 Å². The van der Waals surface area contributed by atoms with Crippen LogP contribution in [0, 0.1) is 12.7 Å². The van der Waals surface area contributed by atoms with Crippen molar-refractivity contribution >= 4 is 23.5 Å². The highest BCUT2D eigenvalue weighted by Crippen LogP contribution is 2.21. The molecule has 0 spiro atoms. The van der Waals surface area contributed by atoms with Gasteiger partial charge in [0.2, 0.25) is 5.91 Å². The highest BCUT2D eigenvalue weighted by atomic mass is 19.4. The SMILES string of the molecule is Cc1c(F)cc(C(=O)NCC(F)(F)F)cc1NCC(=O)NC(=O)NCc1ccccc1. The second-order valence-corrected chi connectivity index (χ2v) is 6.50. The Morgan fingerprint density at radius 2 is 1.68 bits per heavy atom. The van der Waals surface area contributed by atoms with Crippen molar-refractivity contribution in [2.75, 3.05) is 18.4 Å². The maximum Gasteiger partial charge on any atom is 0.405 e. The van der Waals surface area contributed by atoms with Crippen LogP contribution in [-0.4, -0.2) is 37.1 Å². The van der Waals surface area contributed by atoms with Crippen LogP contribution in [0.5, 0.6) is 0 Å². The number of benzene rings is 2. The van der Waals surface area contributed by atoms with Crippen molar-refractivity contribution in [3.8, 4) is 0 Å². The molecule has 11 heteroatoms.